The molecule has 1 heterocycles. The van der Waals surface area contributed by atoms with E-state index >= 15 is 0 Å². The molecule has 3 unspecified atom stereocenters. The first-order valence-corrected chi connectivity index (χ1v) is 10.1. The fraction of sp³-hybridized carbons (Fsp3) is 0.727. The summed E-state index contributed by atoms with van der Waals surface area (Å²) in [4.78, 5) is 2.79. The minimum atomic E-state index is 0.916. The smallest absolute Gasteiger partial charge is 0.000976 e. The van der Waals surface area contributed by atoms with Gasteiger partial charge in [-0.2, -0.15) is 0 Å². The van der Waals surface area contributed by atoms with Crippen molar-refractivity contribution < 1.29 is 0 Å². The van der Waals surface area contributed by atoms with Crippen molar-refractivity contribution in [2.45, 2.75) is 57.8 Å². The fourth-order valence-corrected chi connectivity index (χ4v) is 5.65. The summed E-state index contributed by atoms with van der Waals surface area (Å²) in [7, 11) is 0. The van der Waals surface area contributed by atoms with E-state index in [0.717, 1.165) is 23.7 Å². The Bertz CT molecular complexity index is 474. The third-order valence-corrected chi connectivity index (χ3v) is 6.99. The average Bonchev–Trinajstić information content (AvgIpc) is 3.05. The first-order valence-electron chi connectivity index (χ1n) is 10.1. The zero-order valence-electron chi connectivity index (χ0n) is 14.6. The highest BCUT2D eigenvalue weighted by Gasteiger charge is 2.34. The molecular formula is C22H33N. The van der Waals surface area contributed by atoms with Gasteiger partial charge in [-0.05, 0) is 80.8 Å². The summed E-state index contributed by atoms with van der Waals surface area (Å²) in [5.74, 6) is 4.14. The second kappa shape index (κ2) is 7.38. The van der Waals surface area contributed by atoms with Crippen molar-refractivity contribution in [3.05, 3.63) is 35.9 Å². The van der Waals surface area contributed by atoms with Crippen molar-refractivity contribution in [2.24, 2.45) is 23.7 Å². The Kier molecular flexibility index (Phi) is 5.04. The number of rotatable bonds is 4. The van der Waals surface area contributed by atoms with Crippen LogP contribution in [0.25, 0.3) is 0 Å². The standard InChI is InChI=1S/C22H33N/c1-2-5-18(6-3-1)15-19-11-13-23(14-12-19)17-20-9-10-21-7-4-8-22(21)16-20/h1-3,5-6,19-22H,4,7-17H2. The number of nitrogens with zero attached hydrogens (tertiary/aromatic N) is 1. The van der Waals surface area contributed by atoms with E-state index in [1.165, 1.54) is 57.3 Å². The minimum absolute atomic E-state index is 0.916. The molecule has 0 spiro atoms. The van der Waals surface area contributed by atoms with Crippen molar-refractivity contribution in [1.82, 2.24) is 4.90 Å². The minimum Gasteiger partial charge on any atom is -0.303 e. The predicted octanol–water partition coefficient (Wildman–Crippen LogP) is 5.16. The Morgan fingerprint density at radius 3 is 2.39 bits per heavy atom. The molecule has 0 radical (unpaired) electrons. The molecule has 3 atom stereocenters. The molecule has 1 aromatic carbocycles. The van der Waals surface area contributed by atoms with E-state index in [2.05, 4.69) is 35.2 Å². The van der Waals surface area contributed by atoms with Crippen LogP contribution in [0, 0.1) is 23.7 Å². The van der Waals surface area contributed by atoms with Crippen molar-refractivity contribution in [3.63, 3.8) is 0 Å². The van der Waals surface area contributed by atoms with Gasteiger partial charge in [0.05, 0.1) is 0 Å². The van der Waals surface area contributed by atoms with Crippen LogP contribution in [0.3, 0.4) is 0 Å². The number of hydrogen-bond donors (Lipinski definition) is 0. The predicted molar refractivity (Wildman–Crippen MR) is 97.5 cm³/mol. The third-order valence-electron chi connectivity index (χ3n) is 6.99. The molecule has 4 rings (SSSR count). The Labute approximate surface area is 142 Å². The van der Waals surface area contributed by atoms with Crippen molar-refractivity contribution in [3.8, 4) is 0 Å². The summed E-state index contributed by atoms with van der Waals surface area (Å²) in [6.07, 6.45) is 13.3. The van der Waals surface area contributed by atoms with Gasteiger partial charge in [0.2, 0.25) is 0 Å². The van der Waals surface area contributed by atoms with E-state index in [0.29, 0.717) is 0 Å². The Balaban J connectivity index is 1.21. The van der Waals surface area contributed by atoms with Crippen LogP contribution in [-0.2, 0) is 6.42 Å². The zero-order chi connectivity index (χ0) is 15.5. The van der Waals surface area contributed by atoms with Crippen molar-refractivity contribution in [1.29, 1.82) is 0 Å². The zero-order valence-corrected chi connectivity index (χ0v) is 14.6. The largest absolute Gasteiger partial charge is 0.303 e. The van der Waals surface area contributed by atoms with Crippen LogP contribution in [0.1, 0.15) is 56.9 Å². The van der Waals surface area contributed by atoms with Gasteiger partial charge >= 0.3 is 0 Å². The lowest BCUT2D eigenvalue weighted by Gasteiger charge is -2.38. The maximum atomic E-state index is 2.79. The third kappa shape index (κ3) is 3.99. The van der Waals surface area contributed by atoms with E-state index in [-0.39, 0.29) is 0 Å². The molecule has 2 aliphatic carbocycles. The first kappa shape index (κ1) is 15.7. The molecule has 0 N–H and O–H groups in total. The summed E-state index contributed by atoms with van der Waals surface area (Å²) in [6, 6.07) is 11.1. The van der Waals surface area contributed by atoms with Gasteiger partial charge in [-0.25, -0.2) is 0 Å². The SMILES string of the molecule is c1ccc(CC2CCN(CC3CCC4CCCC4C3)CC2)cc1. The van der Waals surface area contributed by atoms with E-state index in [1.807, 2.05) is 0 Å². The van der Waals surface area contributed by atoms with Crippen LogP contribution in [0.15, 0.2) is 30.3 Å². The van der Waals surface area contributed by atoms with Gasteiger partial charge < -0.3 is 4.90 Å². The molecule has 1 aromatic rings. The highest BCUT2D eigenvalue weighted by Crippen LogP contribution is 2.44. The lowest BCUT2D eigenvalue weighted by molar-refractivity contribution is 0.119. The van der Waals surface area contributed by atoms with Crippen LogP contribution < -0.4 is 0 Å². The maximum absolute atomic E-state index is 2.79. The first-order chi connectivity index (χ1) is 11.4. The summed E-state index contributed by atoms with van der Waals surface area (Å²) in [5, 5.41) is 0. The van der Waals surface area contributed by atoms with Gasteiger partial charge in [-0.3, -0.25) is 0 Å². The van der Waals surface area contributed by atoms with Gasteiger partial charge in [0, 0.05) is 6.54 Å². The highest BCUT2D eigenvalue weighted by atomic mass is 15.1. The molecule has 1 nitrogen and oxygen atoms in total. The Hall–Kier alpha value is -0.820. The van der Waals surface area contributed by atoms with Gasteiger partial charge in [0.1, 0.15) is 0 Å². The number of likely N-dealkylation sites (tertiary alicyclic amines) is 1. The molecule has 2 saturated carbocycles. The molecule has 3 aliphatic rings. The van der Waals surface area contributed by atoms with Crippen LogP contribution >= 0.6 is 0 Å². The molecule has 126 valence electrons. The van der Waals surface area contributed by atoms with E-state index in [4.69, 9.17) is 0 Å². The van der Waals surface area contributed by atoms with Gasteiger partial charge in [-0.15, -0.1) is 0 Å². The molecule has 1 aliphatic heterocycles. The van der Waals surface area contributed by atoms with Crippen LogP contribution in [0.2, 0.25) is 0 Å². The van der Waals surface area contributed by atoms with E-state index in [9.17, 15) is 0 Å². The van der Waals surface area contributed by atoms with Crippen molar-refractivity contribution >= 4 is 0 Å². The Morgan fingerprint density at radius 1 is 0.783 bits per heavy atom. The molecule has 0 aromatic heterocycles. The second-order valence-electron chi connectivity index (χ2n) is 8.56. The lowest BCUT2D eigenvalue weighted by atomic mass is 9.75. The summed E-state index contributed by atoms with van der Waals surface area (Å²) in [6.45, 7) is 4.10. The summed E-state index contributed by atoms with van der Waals surface area (Å²) < 4.78 is 0. The Morgan fingerprint density at radius 2 is 1.57 bits per heavy atom. The molecule has 0 amide bonds. The van der Waals surface area contributed by atoms with Crippen LogP contribution in [0.5, 0.6) is 0 Å². The van der Waals surface area contributed by atoms with Crippen LogP contribution in [0.4, 0.5) is 0 Å². The molecule has 1 saturated heterocycles. The molecule has 1 heteroatoms. The lowest BCUT2D eigenvalue weighted by Crippen LogP contribution is -2.39. The molecule has 0 bridgehead atoms. The maximum Gasteiger partial charge on any atom is 0.000976 e. The van der Waals surface area contributed by atoms with Crippen molar-refractivity contribution in [2.75, 3.05) is 19.6 Å². The van der Waals surface area contributed by atoms with Gasteiger partial charge in [0.25, 0.3) is 0 Å². The fourth-order valence-electron chi connectivity index (χ4n) is 5.65. The van der Waals surface area contributed by atoms with E-state index < -0.39 is 0 Å². The quantitative estimate of drug-likeness (QED) is 0.742. The molecule has 3 fully saturated rings. The number of fused-ring (bicyclic) bond motifs is 1. The molecular weight excluding hydrogens is 278 g/mol. The van der Waals surface area contributed by atoms with Crippen LogP contribution in [-0.4, -0.2) is 24.5 Å². The number of hydrogen-bond acceptors (Lipinski definition) is 1. The topological polar surface area (TPSA) is 3.24 Å². The van der Waals surface area contributed by atoms with Gasteiger partial charge in [-0.1, -0.05) is 49.6 Å². The number of benzene rings is 1. The summed E-state index contributed by atoms with van der Waals surface area (Å²) >= 11 is 0. The van der Waals surface area contributed by atoms with Gasteiger partial charge in [0.15, 0.2) is 0 Å². The number of piperidine rings is 1. The normalized spacial score (nSPS) is 32.8. The monoisotopic (exact) mass is 311 g/mol. The van der Waals surface area contributed by atoms with E-state index in [1.54, 1.807) is 25.7 Å². The average molecular weight is 312 g/mol. The second-order valence-corrected chi connectivity index (χ2v) is 8.56. The molecule has 23 heavy (non-hydrogen) atoms. The highest BCUT2D eigenvalue weighted by molar-refractivity contribution is 5.15. The summed E-state index contributed by atoms with van der Waals surface area (Å²) in [5.41, 5.74) is 1.53.